The van der Waals surface area contributed by atoms with Crippen molar-refractivity contribution in [1.29, 1.82) is 0 Å². The van der Waals surface area contributed by atoms with E-state index >= 15 is 0 Å². The molecule has 0 amide bonds. The summed E-state index contributed by atoms with van der Waals surface area (Å²) in [6.07, 6.45) is 4.28. The van der Waals surface area contributed by atoms with Crippen molar-refractivity contribution >= 4 is 0 Å². The summed E-state index contributed by atoms with van der Waals surface area (Å²) in [6, 6.07) is 2.57. The van der Waals surface area contributed by atoms with E-state index in [9.17, 15) is 0 Å². The van der Waals surface area contributed by atoms with Crippen molar-refractivity contribution in [2.75, 3.05) is 26.8 Å². The highest BCUT2D eigenvalue weighted by molar-refractivity contribution is 5.16. The molecule has 0 aromatic carbocycles. The lowest BCUT2D eigenvalue weighted by molar-refractivity contribution is 0.0403. The highest BCUT2D eigenvalue weighted by Crippen LogP contribution is 2.17. The van der Waals surface area contributed by atoms with Crippen LogP contribution >= 0.6 is 0 Å². The van der Waals surface area contributed by atoms with Crippen LogP contribution in [0.2, 0.25) is 0 Å². The molecule has 1 aliphatic rings. The largest absolute Gasteiger partial charge is 0.468 e. The summed E-state index contributed by atoms with van der Waals surface area (Å²) in [7, 11) is 2.16. The number of furan rings is 1. The molecule has 0 aliphatic carbocycles. The van der Waals surface area contributed by atoms with Crippen molar-refractivity contribution in [3.8, 4) is 0 Å². The van der Waals surface area contributed by atoms with Crippen LogP contribution in [0.5, 0.6) is 0 Å². The molecule has 1 aromatic heterocycles. The van der Waals surface area contributed by atoms with Crippen LogP contribution in [0, 0.1) is 5.92 Å². The molecule has 0 bridgehead atoms. The summed E-state index contributed by atoms with van der Waals surface area (Å²) in [4.78, 5) is 2.34. The molecule has 1 fully saturated rings. The Bertz CT molecular complexity index is 384. The molecule has 0 spiro atoms. The summed E-state index contributed by atoms with van der Waals surface area (Å²) in [5.74, 6) is 1.75. The zero-order chi connectivity index (χ0) is 14.4. The topological polar surface area (TPSA) is 37.6 Å². The second-order valence-electron chi connectivity index (χ2n) is 6.18. The van der Waals surface area contributed by atoms with Gasteiger partial charge in [0.15, 0.2) is 0 Å². The molecule has 114 valence electrons. The van der Waals surface area contributed by atoms with Gasteiger partial charge in [-0.15, -0.1) is 0 Å². The lowest BCUT2D eigenvalue weighted by Crippen LogP contribution is -2.31. The van der Waals surface area contributed by atoms with Crippen LogP contribution in [-0.4, -0.2) is 37.7 Å². The Morgan fingerprint density at radius 1 is 1.45 bits per heavy atom. The van der Waals surface area contributed by atoms with Crippen LogP contribution in [0.3, 0.4) is 0 Å². The molecule has 4 nitrogen and oxygen atoms in total. The van der Waals surface area contributed by atoms with Crippen LogP contribution in [0.25, 0.3) is 0 Å². The number of rotatable bonds is 7. The summed E-state index contributed by atoms with van der Waals surface area (Å²) in [5, 5.41) is 3.44. The van der Waals surface area contributed by atoms with E-state index < -0.39 is 0 Å². The maximum absolute atomic E-state index is 5.64. The molecule has 1 atom stereocenters. The van der Waals surface area contributed by atoms with Crippen molar-refractivity contribution in [2.24, 2.45) is 5.92 Å². The average molecular weight is 280 g/mol. The molecule has 1 unspecified atom stereocenters. The predicted molar refractivity (Wildman–Crippen MR) is 80.6 cm³/mol. The molecular formula is C16H28N2O2. The van der Waals surface area contributed by atoms with Gasteiger partial charge in [0.1, 0.15) is 5.76 Å². The number of nitrogens with one attached hydrogen (secondary N) is 1. The van der Waals surface area contributed by atoms with Crippen molar-refractivity contribution in [3.05, 3.63) is 23.7 Å². The van der Waals surface area contributed by atoms with Gasteiger partial charge in [0.25, 0.3) is 0 Å². The Balaban J connectivity index is 1.81. The minimum Gasteiger partial charge on any atom is -0.468 e. The van der Waals surface area contributed by atoms with Crippen LogP contribution in [0.15, 0.2) is 16.7 Å². The van der Waals surface area contributed by atoms with Crippen molar-refractivity contribution in [1.82, 2.24) is 10.2 Å². The lowest BCUT2D eigenvalue weighted by atomic mass is 10.0. The Kier molecular flexibility index (Phi) is 6.07. The third kappa shape index (κ3) is 4.93. The monoisotopic (exact) mass is 280 g/mol. The molecule has 0 radical (unpaired) electrons. The third-order valence-electron chi connectivity index (χ3n) is 3.78. The van der Waals surface area contributed by atoms with Gasteiger partial charge < -0.3 is 14.5 Å². The maximum Gasteiger partial charge on any atom is 0.122 e. The summed E-state index contributed by atoms with van der Waals surface area (Å²) in [5.41, 5.74) is 1.27. The first-order chi connectivity index (χ1) is 9.65. The molecule has 20 heavy (non-hydrogen) atoms. The summed E-state index contributed by atoms with van der Waals surface area (Å²) < 4.78 is 11.2. The minimum atomic E-state index is 0.495. The summed E-state index contributed by atoms with van der Waals surface area (Å²) in [6.45, 7) is 9.00. The lowest BCUT2D eigenvalue weighted by Gasteiger charge is -2.26. The highest BCUT2D eigenvalue weighted by atomic mass is 16.5. The zero-order valence-electron chi connectivity index (χ0n) is 13.0. The van der Waals surface area contributed by atoms with Crippen LogP contribution in [0.4, 0.5) is 0 Å². The molecule has 0 saturated carbocycles. The Morgan fingerprint density at radius 3 is 3.00 bits per heavy atom. The van der Waals surface area contributed by atoms with Gasteiger partial charge in [-0.3, -0.25) is 4.90 Å². The fraction of sp³-hybridized carbons (Fsp3) is 0.750. The van der Waals surface area contributed by atoms with Crippen molar-refractivity contribution in [2.45, 2.75) is 45.8 Å². The van der Waals surface area contributed by atoms with Crippen LogP contribution in [-0.2, 0) is 17.8 Å². The first-order valence-corrected chi connectivity index (χ1v) is 7.70. The molecule has 1 N–H and O–H groups in total. The standard InChI is InChI=1S/C16H28N2O2/c1-13(2)17-9-15-6-8-20-16(15)11-18(3)10-14-5-4-7-19-12-14/h6,8,13-14,17H,4-5,7,9-12H2,1-3H3. The smallest absolute Gasteiger partial charge is 0.122 e. The van der Waals surface area contributed by atoms with E-state index in [1.54, 1.807) is 6.26 Å². The number of nitrogens with zero attached hydrogens (tertiary/aromatic N) is 1. The van der Waals surface area contributed by atoms with E-state index in [0.717, 1.165) is 38.6 Å². The number of hydrogen-bond acceptors (Lipinski definition) is 4. The summed E-state index contributed by atoms with van der Waals surface area (Å²) >= 11 is 0. The SMILES string of the molecule is CC(C)NCc1ccoc1CN(C)CC1CCCOC1. The van der Waals surface area contributed by atoms with Gasteiger partial charge in [-0.1, -0.05) is 13.8 Å². The molecule has 2 heterocycles. The zero-order valence-corrected chi connectivity index (χ0v) is 13.0. The van der Waals surface area contributed by atoms with E-state index in [1.807, 2.05) is 0 Å². The van der Waals surface area contributed by atoms with Gasteiger partial charge in [0, 0.05) is 31.3 Å². The van der Waals surface area contributed by atoms with Gasteiger partial charge in [-0.25, -0.2) is 0 Å². The van der Waals surface area contributed by atoms with E-state index in [0.29, 0.717) is 12.0 Å². The average Bonchev–Trinajstić information content (AvgIpc) is 2.84. The molecule has 1 saturated heterocycles. The maximum atomic E-state index is 5.64. The molecule has 4 heteroatoms. The van der Waals surface area contributed by atoms with Gasteiger partial charge >= 0.3 is 0 Å². The van der Waals surface area contributed by atoms with Crippen LogP contribution < -0.4 is 5.32 Å². The molecule has 2 rings (SSSR count). The van der Waals surface area contributed by atoms with E-state index in [-0.39, 0.29) is 0 Å². The van der Waals surface area contributed by atoms with Crippen molar-refractivity contribution in [3.63, 3.8) is 0 Å². The predicted octanol–water partition coefficient (Wildman–Crippen LogP) is 2.64. The quantitative estimate of drug-likeness (QED) is 0.833. The van der Waals surface area contributed by atoms with E-state index in [1.165, 1.54) is 18.4 Å². The van der Waals surface area contributed by atoms with E-state index in [4.69, 9.17) is 9.15 Å². The third-order valence-corrected chi connectivity index (χ3v) is 3.78. The highest BCUT2D eigenvalue weighted by Gasteiger charge is 2.17. The normalized spacial score (nSPS) is 19.9. The number of ether oxygens (including phenoxy) is 1. The fourth-order valence-corrected chi connectivity index (χ4v) is 2.68. The Morgan fingerprint density at radius 2 is 2.30 bits per heavy atom. The van der Waals surface area contributed by atoms with Crippen molar-refractivity contribution < 1.29 is 9.15 Å². The first-order valence-electron chi connectivity index (χ1n) is 7.70. The molecule has 1 aliphatic heterocycles. The minimum absolute atomic E-state index is 0.495. The second-order valence-corrected chi connectivity index (χ2v) is 6.18. The fourth-order valence-electron chi connectivity index (χ4n) is 2.68. The Hall–Kier alpha value is -0.840. The van der Waals surface area contributed by atoms with Gasteiger partial charge in [-0.2, -0.15) is 0 Å². The molecule has 1 aromatic rings. The molecular weight excluding hydrogens is 252 g/mol. The Labute approximate surface area is 122 Å². The van der Waals surface area contributed by atoms with Gasteiger partial charge in [-0.05, 0) is 31.9 Å². The first kappa shape index (κ1) is 15.5. The number of hydrogen-bond donors (Lipinski definition) is 1. The van der Waals surface area contributed by atoms with E-state index in [2.05, 4.69) is 37.2 Å². The second kappa shape index (κ2) is 7.81. The van der Waals surface area contributed by atoms with Gasteiger partial charge in [0.05, 0.1) is 19.4 Å². The van der Waals surface area contributed by atoms with Crippen LogP contribution in [0.1, 0.15) is 38.0 Å². The van der Waals surface area contributed by atoms with Gasteiger partial charge in [0.2, 0.25) is 0 Å².